The number of aryl methyl sites for hydroxylation is 1. The molecule has 0 spiro atoms. The molecule has 4 rings (SSSR count). The van der Waals surface area contributed by atoms with Crippen molar-refractivity contribution in [2.24, 2.45) is 0 Å². The number of aromatic hydroxyl groups is 2. The number of hydrogen-bond donors (Lipinski definition) is 3. The van der Waals surface area contributed by atoms with E-state index in [4.69, 9.17) is 16.0 Å². The Morgan fingerprint density at radius 2 is 1.97 bits per heavy atom. The molecule has 0 bridgehead atoms. The fraction of sp³-hybridized carbons (Fsp3) is 0.318. The molecule has 3 aromatic rings. The molecule has 0 amide bonds. The first-order valence-corrected chi connectivity index (χ1v) is 9.80. The average molecular weight is 416 g/mol. The van der Waals surface area contributed by atoms with Gasteiger partial charge in [0.2, 0.25) is 0 Å². The number of aliphatic hydroxyl groups excluding tert-OH is 1. The first-order chi connectivity index (χ1) is 13.8. The van der Waals surface area contributed by atoms with Crippen LogP contribution in [0.5, 0.6) is 11.5 Å². The van der Waals surface area contributed by atoms with E-state index < -0.39 is 5.43 Å². The molecular weight excluding hydrogens is 394 g/mol. The summed E-state index contributed by atoms with van der Waals surface area (Å²) in [6.45, 7) is 2.54. The summed E-state index contributed by atoms with van der Waals surface area (Å²) >= 11 is 6.36. The zero-order valence-electron chi connectivity index (χ0n) is 16.1. The number of rotatable bonds is 3. The van der Waals surface area contributed by atoms with E-state index in [1.807, 2.05) is 24.9 Å². The number of likely N-dealkylation sites (N-methyl/N-ethyl adjacent to an activating group) is 1. The zero-order chi connectivity index (χ0) is 20.9. The molecule has 1 aliphatic heterocycles. The van der Waals surface area contributed by atoms with Crippen LogP contribution in [-0.2, 0) is 0 Å². The maximum absolute atomic E-state index is 12.9. The molecule has 7 heteroatoms. The van der Waals surface area contributed by atoms with Crippen LogP contribution in [0, 0.1) is 6.92 Å². The molecule has 0 aliphatic carbocycles. The van der Waals surface area contributed by atoms with Crippen molar-refractivity contribution in [2.45, 2.75) is 25.3 Å². The van der Waals surface area contributed by atoms with Gasteiger partial charge in [-0.25, -0.2) is 0 Å². The smallest absolute Gasteiger partial charge is 0.197 e. The van der Waals surface area contributed by atoms with Crippen LogP contribution in [0.4, 0.5) is 0 Å². The second-order valence-corrected chi connectivity index (χ2v) is 8.02. The zero-order valence-corrected chi connectivity index (χ0v) is 16.9. The van der Waals surface area contributed by atoms with E-state index in [-0.39, 0.29) is 46.8 Å². The Balaban J connectivity index is 2.01. The van der Waals surface area contributed by atoms with Crippen LogP contribution in [0.15, 0.2) is 39.5 Å². The number of likely N-dealkylation sites (tertiary alicyclic amines) is 1. The molecule has 0 radical (unpaired) electrons. The molecule has 2 atom stereocenters. The summed E-state index contributed by atoms with van der Waals surface area (Å²) in [7, 11) is 1.90. The molecule has 6 nitrogen and oxygen atoms in total. The van der Waals surface area contributed by atoms with Gasteiger partial charge in [-0.15, -0.1) is 0 Å². The summed E-state index contributed by atoms with van der Waals surface area (Å²) in [5, 5.41) is 31.3. The van der Waals surface area contributed by atoms with Crippen LogP contribution in [0.3, 0.4) is 0 Å². The maximum atomic E-state index is 12.9. The first kappa shape index (κ1) is 19.8. The van der Waals surface area contributed by atoms with Crippen LogP contribution in [0.1, 0.15) is 23.5 Å². The van der Waals surface area contributed by atoms with Gasteiger partial charge < -0.3 is 24.6 Å². The third-order valence-corrected chi connectivity index (χ3v) is 6.08. The third kappa shape index (κ3) is 3.27. The summed E-state index contributed by atoms with van der Waals surface area (Å²) in [6.07, 6.45) is 0.675. The largest absolute Gasteiger partial charge is 0.507 e. The first-order valence-electron chi connectivity index (χ1n) is 9.42. The summed E-state index contributed by atoms with van der Waals surface area (Å²) in [5.74, 6) is -0.502. The molecule has 152 valence electrons. The molecule has 1 aromatic heterocycles. The van der Waals surface area contributed by atoms with Crippen molar-refractivity contribution in [3.05, 3.63) is 56.7 Å². The Morgan fingerprint density at radius 1 is 1.21 bits per heavy atom. The number of phenolic OH excluding ortho intramolecular Hbond substituents is 2. The number of fused-ring (bicyclic) bond motifs is 1. The van der Waals surface area contributed by atoms with E-state index in [1.165, 1.54) is 12.1 Å². The van der Waals surface area contributed by atoms with E-state index in [9.17, 15) is 20.1 Å². The molecule has 1 fully saturated rings. The predicted octanol–water partition coefficient (Wildman–Crippen LogP) is 3.61. The summed E-state index contributed by atoms with van der Waals surface area (Å²) < 4.78 is 6.08. The number of halogens is 1. The number of benzene rings is 2. The van der Waals surface area contributed by atoms with Crippen molar-refractivity contribution in [1.82, 2.24) is 4.90 Å². The number of phenols is 2. The van der Waals surface area contributed by atoms with Crippen molar-refractivity contribution in [1.29, 1.82) is 0 Å². The van der Waals surface area contributed by atoms with Crippen LogP contribution < -0.4 is 5.43 Å². The Hall–Kier alpha value is -2.54. The number of hydrogen-bond acceptors (Lipinski definition) is 6. The molecule has 29 heavy (non-hydrogen) atoms. The Bertz CT molecular complexity index is 1160. The van der Waals surface area contributed by atoms with E-state index >= 15 is 0 Å². The minimum Gasteiger partial charge on any atom is -0.507 e. The van der Waals surface area contributed by atoms with E-state index in [2.05, 4.69) is 0 Å². The van der Waals surface area contributed by atoms with Gasteiger partial charge in [0, 0.05) is 35.2 Å². The Kier molecular flexibility index (Phi) is 5.02. The highest BCUT2D eigenvalue weighted by Gasteiger charge is 2.36. The highest BCUT2D eigenvalue weighted by atomic mass is 35.5. The molecule has 3 N–H and O–H groups in total. The van der Waals surface area contributed by atoms with Gasteiger partial charge in [-0.3, -0.25) is 4.79 Å². The van der Waals surface area contributed by atoms with E-state index in [0.29, 0.717) is 22.6 Å². The van der Waals surface area contributed by atoms with Gasteiger partial charge in [0.25, 0.3) is 0 Å². The second kappa shape index (κ2) is 7.37. The Labute approximate surface area is 172 Å². The summed E-state index contributed by atoms with van der Waals surface area (Å²) in [5.41, 5.74) is 1.64. The van der Waals surface area contributed by atoms with Crippen LogP contribution in [-0.4, -0.2) is 46.5 Å². The van der Waals surface area contributed by atoms with Crippen molar-refractivity contribution in [2.75, 3.05) is 20.2 Å². The van der Waals surface area contributed by atoms with Crippen molar-refractivity contribution >= 4 is 22.6 Å². The lowest BCUT2D eigenvalue weighted by Crippen LogP contribution is -2.32. The van der Waals surface area contributed by atoms with Crippen molar-refractivity contribution in [3.8, 4) is 22.8 Å². The molecule has 2 aromatic carbocycles. The molecule has 1 aliphatic rings. The summed E-state index contributed by atoms with van der Waals surface area (Å²) in [6, 6.07) is 7.63. The lowest BCUT2D eigenvalue weighted by molar-refractivity contribution is 0.172. The van der Waals surface area contributed by atoms with Gasteiger partial charge in [-0.1, -0.05) is 17.7 Å². The van der Waals surface area contributed by atoms with Gasteiger partial charge in [-0.2, -0.15) is 0 Å². The lowest BCUT2D eigenvalue weighted by Gasteiger charge is -2.24. The standard InChI is InChI=1S/C22H22ClNO5/c1-11-3-4-12(14(23)7-11)19-9-18(28)21-17(27)8-16(26)20(22(21)29-19)13-5-6-24(2)15(13)10-25/h3-4,7-9,13,15,25-27H,5-6,10H2,1-2H3/t13-,15+/m1/s1. The highest BCUT2D eigenvalue weighted by Crippen LogP contribution is 2.44. The normalized spacial score (nSPS) is 19.9. The SMILES string of the molecule is Cc1ccc(-c2cc(=O)c3c(O)cc(O)c([C@@H]4CCN(C)[C@H]4CO)c3o2)c(Cl)c1. The predicted molar refractivity (Wildman–Crippen MR) is 112 cm³/mol. The average Bonchev–Trinajstić information content (AvgIpc) is 3.01. The minimum absolute atomic E-state index is 0.0102. The number of nitrogens with zero attached hydrogens (tertiary/aromatic N) is 1. The van der Waals surface area contributed by atoms with Gasteiger partial charge in [0.1, 0.15) is 28.2 Å². The number of aliphatic hydroxyl groups is 1. The third-order valence-electron chi connectivity index (χ3n) is 5.77. The quantitative estimate of drug-likeness (QED) is 0.605. The van der Waals surface area contributed by atoms with E-state index in [0.717, 1.165) is 12.1 Å². The monoisotopic (exact) mass is 415 g/mol. The Morgan fingerprint density at radius 3 is 2.66 bits per heavy atom. The highest BCUT2D eigenvalue weighted by molar-refractivity contribution is 6.33. The van der Waals surface area contributed by atoms with Crippen molar-refractivity contribution < 1.29 is 19.7 Å². The molecule has 2 heterocycles. The molecular formula is C22H22ClNO5. The lowest BCUT2D eigenvalue weighted by atomic mass is 9.89. The van der Waals surface area contributed by atoms with E-state index in [1.54, 1.807) is 12.1 Å². The fourth-order valence-corrected chi connectivity index (χ4v) is 4.57. The van der Waals surface area contributed by atoms with Gasteiger partial charge in [0.05, 0.1) is 11.6 Å². The van der Waals surface area contributed by atoms with Gasteiger partial charge in [0.15, 0.2) is 5.43 Å². The molecule has 0 saturated carbocycles. The summed E-state index contributed by atoms with van der Waals surface area (Å²) in [4.78, 5) is 14.9. The van der Waals surface area contributed by atoms with Crippen LogP contribution in [0.2, 0.25) is 5.02 Å². The van der Waals surface area contributed by atoms with Gasteiger partial charge in [-0.05, 0) is 44.6 Å². The minimum atomic E-state index is -0.427. The fourth-order valence-electron chi connectivity index (χ4n) is 4.24. The topological polar surface area (TPSA) is 94.1 Å². The molecule has 0 unspecified atom stereocenters. The van der Waals surface area contributed by atoms with Crippen molar-refractivity contribution in [3.63, 3.8) is 0 Å². The maximum Gasteiger partial charge on any atom is 0.197 e. The second-order valence-electron chi connectivity index (χ2n) is 7.62. The molecule has 1 saturated heterocycles. The van der Waals surface area contributed by atoms with Crippen LogP contribution in [0.25, 0.3) is 22.3 Å². The van der Waals surface area contributed by atoms with Gasteiger partial charge >= 0.3 is 0 Å². The van der Waals surface area contributed by atoms with Crippen LogP contribution >= 0.6 is 11.6 Å².